The highest BCUT2D eigenvalue weighted by atomic mass is 16.5. The summed E-state index contributed by atoms with van der Waals surface area (Å²) in [6.07, 6.45) is 4.70. The van der Waals surface area contributed by atoms with Gasteiger partial charge >= 0.3 is 0 Å². The van der Waals surface area contributed by atoms with Crippen LogP contribution in [0.1, 0.15) is 39.5 Å². The molecule has 0 N–H and O–H groups in total. The minimum Gasteiger partial charge on any atom is -0.374 e. The number of ether oxygens (including phenoxy) is 1. The van der Waals surface area contributed by atoms with Crippen molar-refractivity contribution in [1.82, 2.24) is 0 Å². The zero-order chi connectivity index (χ0) is 9.42. The Hall–Kier alpha value is -0.370. The number of carbonyl (C=O) groups is 1. The maximum atomic E-state index is 11.8. The van der Waals surface area contributed by atoms with Gasteiger partial charge in [-0.3, -0.25) is 4.79 Å². The van der Waals surface area contributed by atoms with E-state index in [2.05, 4.69) is 13.8 Å². The maximum absolute atomic E-state index is 11.8. The molecular weight excluding hydrogens is 164 g/mol. The fourth-order valence-corrected chi connectivity index (χ4v) is 2.53. The largest absolute Gasteiger partial charge is 0.374 e. The Labute approximate surface area is 79.7 Å². The van der Waals surface area contributed by atoms with Crippen LogP contribution in [0.5, 0.6) is 0 Å². The van der Waals surface area contributed by atoms with E-state index in [0.717, 1.165) is 19.3 Å². The molecule has 2 rings (SSSR count). The average Bonchev–Trinajstić information content (AvgIpc) is 2.62. The normalized spacial score (nSPS) is 37.3. The van der Waals surface area contributed by atoms with Crippen LogP contribution < -0.4 is 0 Å². The molecule has 2 saturated heterocycles. The Balaban J connectivity index is 1.91. The number of rotatable bonds is 3. The van der Waals surface area contributed by atoms with Crippen LogP contribution in [-0.4, -0.2) is 18.0 Å². The molecule has 0 aliphatic carbocycles. The van der Waals surface area contributed by atoms with Crippen molar-refractivity contribution >= 4 is 5.78 Å². The van der Waals surface area contributed by atoms with Crippen LogP contribution in [0.15, 0.2) is 0 Å². The van der Waals surface area contributed by atoms with Gasteiger partial charge in [0.15, 0.2) is 0 Å². The van der Waals surface area contributed by atoms with E-state index in [1.807, 2.05) is 0 Å². The SMILES string of the molecule is CC(C)CC(=O)C1CC2CCC1O2. The number of ketones is 1. The van der Waals surface area contributed by atoms with E-state index in [9.17, 15) is 4.79 Å². The van der Waals surface area contributed by atoms with Crippen molar-refractivity contribution in [3.8, 4) is 0 Å². The number of Topliss-reactive ketones (excluding diaryl/α,β-unsaturated/α-hetero) is 1. The van der Waals surface area contributed by atoms with Gasteiger partial charge in [0.2, 0.25) is 0 Å². The van der Waals surface area contributed by atoms with Crippen LogP contribution in [0.3, 0.4) is 0 Å². The predicted octanol–water partition coefficient (Wildman–Crippen LogP) is 2.17. The molecular formula is C11H18O2. The lowest BCUT2D eigenvalue weighted by Crippen LogP contribution is -2.26. The molecule has 0 spiro atoms. The molecule has 3 atom stereocenters. The molecule has 2 aliphatic rings. The molecule has 0 radical (unpaired) electrons. The molecule has 2 bridgehead atoms. The second kappa shape index (κ2) is 3.41. The molecule has 0 amide bonds. The molecule has 0 saturated carbocycles. The zero-order valence-electron chi connectivity index (χ0n) is 8.45. The summed E-state index contributed by atoms with van der Waals surface area (Å²) in [7, 11) is 0. The third-order valence-electron chi connectivity index (χ3n) is 3.13. The second-order valence-corrected chi connectivity index (χ2v) is 4.78. The summed E-state index contributed by atoms with van der Waals surface area (Å²) in [5, 5.41) is 0. The summed E-state index contributed by atoms with van der Waals surface area (Å²) in [6, 6.07) is 0. The quantitative estimate of drug-likeness (QED) is 0.668. The number of hydrogen-bond donors (Lipinski definition) is 0. The molecule has 2 heterocycles. The van der Waals surface area contributed by atoms with E-state index >= 15 is 0 Å². The molecule has 2 aliphatic heterocycles. The molecule has 2 fully saturated rings. The van der Waals surface area contributed by atoms with Crippen molar-refractivity contribution < 1.29 is 9.53 Å². The van der Waals surface area contributed by atoms with E-state index in [4.69, 9.17) is 4.74 Å². The molecule has 2 heteroatoms. The highest BCUT2D eigenvalue weighted by molar-refractivity contribution is 5.82. The number of carbonyl (C=O) groups excluding carboxylic acids is 1. The van der Waals surface area contributed by atoms with Gasteiger partial charge in [-0.05, 0) is 25.2 Å². The van der Waals surface area contributed by atoms with Gasteiger partial charge in [0.1, 0.15) is 5.78 Å². The van der Waals surface area contributed by atoms with Gasteiger partial charge in [-0.1, -0.05) is 13.8 Å². The third kappa shape index (κ3) is 1.78. The Morgan fingerprint density at radius 1 is 1.46 bits per heavy atom. The van der Waals surface area contributed by atoms with Gasteiger partial charge in [0, 0.05) is 12.3 Å². The predicted molar refractivity (Wildman–Crippen MR) is 50.5 cm³/mol. The Kier molecular flexibility index (Phi) is 2.41. The molecule has 74 valence electrons. The number of hydrogen-bond acceptors (Lipinski definition) is 2. The first kappa shape index (κ1) is 9.20. The Bertz CT molecular complexity index is 210. The highest BCUT2D eigenvalue weighted by Gasteiger charge is 2.43. The molecule has 0 aromatic rings. The Morgan fingerprint density at radius 3 is 2.69 bits per heavy atom. The van der Waals surface area contributed by atoms with E-state index < -0.39 is 0 Å². The number of fused-ring (bicyclic) bond motifs is 2. The molecule has 3 unspecified atom stereocenters. The minimum absolute atomic E-state index is 0.237. The molecule has 0 aromatic carbocycles. The lowest BCUT2D eigenvalue weighted by atomic mass is 9.83. The second-order valence-electron chi connectivity index (χ2n) is 4.78. The molecule has 0 aromatic heterocycles. The smallest absolute Gasteiger partial charge is 0.138 e. The van der Waals surface area contributed by atoms with Gasteiger partial charge in [0.05, 0.1) is 12.2 Å². The molecule has 2 nitrogen and oxygen atoms in total. The van der Waals surface area contributed by atoms with Gasteiger partial charge < -0.3 is 4.74 Å². The highest BCUT2D eigenvalue weighted by Crippen LogP contribution is 2.39. The van der Waals surface area contributed by atoms with Crippen LogP contribution in [0.4, 0.5) is 0 Å². The first-order chi connectivity index (χ1) is 6.16. The van der Waals surface area contributed by atoms with Gasteiger partial charge in [0.25, 0.3) is 0 Å². The first-order valence-electron chi connectivity index (χ1n) is 5.35. The van der Waals surface area contributed by atoms with E-state index in [1.165, 1.54) is 6.42 Å². The van der Waals surface area contributed by atoms with Crippen molar-refractivity contribution in [2.75, 3.05) is 0 Å². The third-order valence-corrected chi connectivity index (χ3v) is 3.13. The lowest BCUT2D eigenvalue weighted by Gasteiger charge is -2.17. The average molecular weight is 182 g/mol. The standard InChI is InChI=1S/C11H18O2/c1-7(2)5-10(12)9-6-8-3-4-11(9)13-8/h7-9,11H,3-6H2,1-2H3. The summed E-state index contributed by atoms with van der Waals surface area (Å²) in [5.74, 6) is 1.16. The van der Waals surface area contributed by atoms with Crippen molar-refractivity contribution in [1.29, 1.82) is 0 Å². The van der Waals surface area contributed by atoms with Crippen molar-refractivity contribution in [3.05, 3.63) is 0 Å². The summed E-state index contributed by atoms with van der Waals surface area (Å²) in [4.78, 5) is 11.8. The van der Waals surface area contributed by atoms with E-state index in [1.54, 1.807) is 0 Å². The fraction of sp³-hybridized carbons (Fsp3) is 0.909. The zero-order valence-corrected chi connectivity index (χ0v) is 8.45. The summed E-state index contributed by atoms with van der Waals surface area (Å²) < 4.78 is 5.67. The lowest BCUT2D eigenvalue weighted by molar-refractivity contribution is -0.125. The topological polar surface area (TPSA) is 26.3 Å². The maximum Gasteiger partial charge on any atom is 0.138 e. The minimum atomic E-state index is 0.237. The van der Waals surface area contributed by atoms with Crippen LogP contribution in [-0.2, 0) is 9.53 Å². The van der Waals surface area contributed by atoms with Crippen LogP contribution >= 0.6 is 0 Å². The summed E-state index contributed by atoms with van der Waals surface area (Å²) in [5.41, 5.74) is 0. The van der Waals surface area contributed by atoms with Crippen LogP contribution in [0.25, 0.3) is 0 Å². The summed E-state index contributed by atoms with van der Waals surface area (Å²) in [6.45, 7) is 4.21. The first-order valence-corrected chi connectivity index (χ1v) is 5.35. The summed E-state index contributed by atoms with van der Waals surface area (Å²) >= 11 is 0. The van der Waals surface area contributed by atoms with Crippen LogP contribution in [0, 0.1) is 11.8 Å². The van der Waals surface area contributed by atoms with Gasteiger partial charge in [-0.25, -0.2) is 0 Å². The fourth-order valence-electron chi connectivity index (χ4n) is 2.53. The Morgan fingerprint density at radius 2 is 2.23 bits per heavy atom. The van der Waals surface area contributed by atoms with Crippen LogP contribution in [0.2, 0.25) is 0 Å². The van der Waals surface area contributed by atoms with E-state index in [0.29, 0.717) is 17.8 Å². The van der Waals surface area contributed by atoms with Crippen molar-refractivity contribution in [2.24, 2.45) is 11.8 Å². The van der Waals surface area contributed by atoms with Gasteiger partial charge in [-0.15, -0.1) is 0 Å². The van der Waals surface area contributed by atoms with E-state index in [-0.39, 0.29) is 12.0 Å². The monoisotopic (exact) mass is 182 g/mol. The van der Waals surface area contributed by atoms with Gasteiger partial charge in [-0.2, -0.15) is 0 Å². The molecule has 13 heavy (non-hydrogen) atoms. The van der Waals surface area contributed by atoms with Crippen molar-refractivity contribution in [3.63, 3.8) is 0 Å². The van der Waals surface area contributed by atoms with Crippen molar-refractivity contribution in [2.45, 2.75) is 51.7 Å².